The molecule has 1 aliphatic carbocycles. The molecule has 2 fully saturated rings. The van der Waals surface area contributed by atoms with Gasteiger partial charge in [0.25, 0.3) is 0 Å². The Hall–Kier alpha value is -0.710. The number of hydrogen-bond donors (Lipinski definition) is 1. The van der Waals surface area contributed by atoms with Gasteiger partial charge in [-0.25, -0.2) is 0 Å². The molecular formula is C11H17NO3S. The van der Waals surface area contributed by atoms with E-state index in [0.29, 0.717) is 11.7 Å². The van der Waals surface area contributed by atoms with Crippen molar-refractivity contribution in [2.75, 3.05) is 12.3 Å². The predicted octanol–water partition coefficient (Wildman–Crippen LogP) is 1.06. The van der Waals surface area contributed by atoms with Gasteiger partial charge in [0.1, 0.15) is 0 Å². The summed E-state index contributed by atoms with van der Waals surface area (Å²) in [6.45, 7) is 4.93. The van der Waals surface area contributed by atoms with E-state index in [-0.39, 0.29) is 17.9 Å². The molecule has 1 saturated carbocycles. The van der Waals surface area contributed by atoms with E-state index < -0.39 is 11.9 Å². The molecule has 2 rings (SSSR count). The summed E-state index contributed by atoms with van der Waals surface area (Å²) in [6, 6.07) is 0.223. The molecule has 5 heteroatoms. The van der Waals surface area contributed by atoms with Crippen molar-refractivity contribution in [3.8, 4) is 0 Å². The summed E-state index contributed by atoms with van der Waals surface area (Å²) < 4.78 is 0. The van der Waals surface area contributed by atoms with Crippen LogP contribution in [0.4, 0.5) is 0 Å². The molecule has 2 unspecified atom stereocenters. The molecule has 1 amide bonds. The van der Waals surface area contributed by atoms with Crippen molar-refractivity contribution < 1.29 is 14.7 Å². The van der Waals surface area contributed by atoms with Crippen LogP contribution in [0.2, 0.25) is 0 Å². The van der Waals surface area contributed by atoms with Crippen molar-refractivity contribution in [2.45, 2.75) is 31.6 Å². The SMILES string of the molecule is CC1SCCN(C(=O)[C@@H]2C[C@@H]2C(=O)O)C1C. The Kier molecular flexibility index (Phi) is 3.15. The van der Waals surface area contributed by atoms with Crippen molar-refractivity contribution in [3.05, 3.63) is 0 Å². The van der Waals surface area contributed by atoms with Gasteiger partial charge in [-0.2, -0.15) is 11.8 Å². The average Bonchev–Trinajstić information content (AvgIpc) is 3.01. The van der Waals surface area contributed by atoms with Crippen LogP contribution in [0.25, 0.3) is 0 Å². The van der Waals surface area contributed by atoms with Gasteiger partial charge < -0.3 is 10.0 Å². The molecule has 90 valence electrons. The van der Waals surface area contributed by atoms with Gasteiger partial charge in [0, 0.05) is 23.6 Å². The van der Waals surface area contributed by atoms with Crippen molar-refractivity contribution in [3.63, 3.8) is 0 Å². The number of carboxylic acids is 1. The molecule has 0 aromatic rings. The van der Waals surface area contributed by atoms with Crippen LogP contribution < -0.4 is 0 Å². The van der Waals surface area contributed by atoms with Crippen molar-refractivity contribution in [2.24, 2.45) is 11.8 Å². The molecule has 1 aliphatic heterocycles. The van der Waals surface area contributed by atoms with E-state index in [0.717, 1.165) is 12.3 Å². The van der Waals surface area contributed by atoms with Crippen LogP contribution in [0.5, 0.6) is 0 Å². The second-order valence-electron chi connectivity index (χ2n) is 4.64. The van der Waals surface area contributed by atoms with Crippen molar-refractivity contribution in [1.82, 2.24) is 4.90 Å². The van der Waals surface area contributed by atoms with Crippen LogP contribution in [-0.4, -0.2) is 45.5 Å². The average molecular weight is 243 g/mol. The van der Waals surface area contributed by atoms with Gasteiger partial charge >= 0.3 is 5.97 Å². The number of thioether (sulfide) groups is 1. The molecule has 16 heavy (non-hydrogen) atoms. The number of hydrogen-bond acceptors (Lipinski definition) is 3. The lowest BCUT2D eigenvalue weighted by Crippen LogP contribution is -2.48. The first kappa shape index (κ1) is 11.8. The Morgan fingerprint density at radius 2 is 2.00 bits per heavy atom. The Morgan fingerprint density at radius 3 is 2.56 bits per heavy atom. The summed E-state index contributed by atoms with van der Waals surface area (Å²) in [6.07, 6.45) is 0.527. The van der Waals surface area contributed by atoms with Crippen LogP contribution >= 0.6 is 11.8 Å². The summed E-state index contributed by atoms with van der Waals surface area (Å²) >= 11 is 1.88. The highest BCUT2D eigenvalue weighted by Crippen LogP contribution is 2.41. The fourth-order valence-corrected chi connectivity index (χ4v) is 3.30. The molecule has 1 heterocycles. The van der Waals surface area contributed by atoms with Gasteiger partial charge in [-0.1, -0.05) is 6.92 Å². The Morgan fingerprint density at radius 1 is 1.31 bits per heavy atom. The van der Waals surface area contributed by atoms with Gasteiger partial charge in [0.2, 0.25) is 5.91 Å². The molecule has 0 aromatic carbocycles. The Labute approximate surface area is 99.4 Å². The zero-order valence-electron chi connectivity index (χ0n) is 9.55. The summed E-state index contributed by atoms with van der Waals surface area (Å²) in [5.74, 6) is -0.501. The van der Waals surface area contributed by atoms with E-state index in [4.69, 9.17) is 5.11 Å². The van der Waals surface area contributed by atoms with Crippen LogP contribution in [0.1, 0.15) is 20.3 Å². The molecule has 0 aromatic heterocycles. The van der Waals surface area contributed by atoms with Gasteiger partial charge in [-0.15, -0.1) is 0 Å². The molecule has 4 atom stereocenters. The lowest BCUT2D eigenvalue weighted by Gasteiger charge is -2.37. The van der Waals surface area contributed by atoms with E-state index in [9.17, 15) is 9.59 Å². The fourth-order valence-electron chi connectivity index (χ4n) is 2.20. The molecule has 4 nitrogen and oxygen atoms in total. The summed E-state index contributed by atoms with van der Waals surface area (Å²) in [5.41, 5.74) is 0. The number of amides is 1. The number of nitrogens with zero attached hydrogens (tertiary/aromatic N) is 1. The maximum absolute atomic E-state index is 12.1. The van der Waals surface area contributed by atoms with Crippen molar-refractivity contribution in [1.29, 1.82) is 0 Å². The minimum absolute atomic E-state index is 0.0482. The summed E-state index contributed by atoms with van der Waals surface area (Å²) in [7, 11) is 0. The Balaban J connectivity index is 1.97. The second-order valence-corrected chi connectivity index (χ2v) is 6.12. The molecule has 0 spiro atoms. The zero-order valence-corrected chi connectivity index (χ0v) is 10.4. The quantitative estimate of drug-likeness (QED) is 0.788. The van der Waals surface area contributed by atoms with E-state index in [2.05, 4.69) is 6.92 Å². The van der Waals surface area contributed by atoms with E-state index in [1.54, 1.807) is 0 Å². The first-order valence-electron chi connectivity index (χ1n) is 5.67. The minimum atomic E-state index is -0.828. The highest BCUT2D eigenvalue weighted by atomic mass is 32.2. The monoisotopic (exact) mass is 243 g/mol. The number of aliphatic carboxylic acids is 1. The largest absolute Gasteiger partial charge is 0.481 e. The van der Waals surface area contributed by atoms with Gasteiger partial charge in [-0.05, 0) is 13.3 Å². The third-order valence-corrected chi connectivity index (χ3v) is 4.93. The molecule has 0 radical (unpaired) electrons. The van der Waals surface area contributed by atoms with Gasteiger partial charge in [-0.3, -0.25) is 9.59 Å². The van der Waals surface area contributed by atoms with Gasteiger partial charge in [0.15, 0.2) is 0 Å². The standard InChI is InChI=1S/C11H17NO3S/c1-6-7(2)16-4-3-12(6)10(13)8-5-9(8)11(14)15/h6-9H,3-5H2,1-2H3,(H,14,15)/t6?,7?,8-,9+/m1/s1. The smallest absolute Gasteiger partial charge is 0.307 e. The Bertz CT molecular complexity index is 320. The molecule has 2 aliphatic rings. The predicted molar refractivity (Wildman–Crippen MR) is 62.3 cm³/mol. The van der Waals surface area contributed by atoms with Crippen LogP contribution in [0.3, 0.4) is 0 Å². The minimum Gasteiger partial charge on any atom is -0.481 e. The van der Waals surface area contributed by atoms with E-state index in [1.165, 1.54) is 0 Å². The topological polar surface area (TPSA) is 57.6 Å². The van der Waals surface area contributed by atoms with Crippen LogP contribution in [-0.2, 0) is 9.59 Å². The van der Waals surface area contributed by atoms with E-state index >= 15 is 0 Å². The normalized spacial score (nSPS) is 38.2. The van der Waals surface area contributed by atoms with Crippen LogP contribution in [0, 0.1) is 11.8 Å². The van der Waals surface area contributed by atoms with E-state index in [1.807, 2.05) is 23.6 Å². The highest BCUT2D eigenvalue weighted by Gasteiger charge is 2.50. The maximum atomic E-state index is 12.1. The first-order chi connectivity index (χ1) is 7.52. The number of carbonyl (C=O) groups is 2. The lowest BCUT2D eigenvalue weighted by molar-refractivity contribution is -0.142. The number of rotatable bonds is 2. The molecular weight excluding hydrogens is 226 g/mol. The lowest BCUT2D eigenvalue weighted by atomic mass is 10.1. The third kappa shape index (κ3) is 2.05. The van der Waals surface area contributed by atoms with Gasteiger partial charge in [0.05, 0.1) is 11.8 Å². The second kappa shape index (κ2) is 4.28. The molecule has 0 bridgehead atoms. The molecule has 1 saturated heterocycles. The molecule has 1 N–H and O–H groups in total. The summed E-state index contributed by atoms with van der Waals surface area (Å²) in [5, 5.41) is 9.26. The number of carboxylic acid groups (broad SMARTS) is 1. The van der Waals surface area contributed by atoms with Crippen LogP contribution in [0.15, 0.2) is 0 Å². The third-order valence-electron chi connectivity index (χ3n) is 3.59. The first-order valence-corrected chi connectivity index (χ1v) is 6.72. The number of carbonyl (C=O) groups excluding carboxylic acids is 1. The maximum Gasteiger partial charge on any atom is 0.307 e. The zero-order chi connectivity index (χ0) is 11.9. The highest BCUT2D eigenvalue weighted by molar-refractivity contribution is 8.00. The summed E-state index contributed by atoms with van der Waals surface area (Å²) in [4.78, 5) is 24.7. The van der Waals surface area contributed by atoms with Crippen molar-refractivity contribution >= 4 is 23.6 Å². The fraction of sp³-hybridized carbons (Fsp3) is 0.818.